The summed E-state index contributed by atoms with van der Waals surface area (Å²) >= 11 is 0. The Morgan fingerprint density at radius 1 is 0.900 bits per heavy atom. The van der Waals surface area contributed by atoms with Crippen LogP contribution in [-0.4, -0.2) is 60.4 Å². The van der Waals surface area contributed by atoms with Crippen LogP contribution in [0.4, 0.5) is 5.82 Å². The number of nitrogens with one attached hydrogen (secondary N) is 1. The second-order valence-corrected chi connectivity index (χ2v) is 11.3. The molecule has 0 aliphatic carbocycles. The van der Waals surface area contributed by atoms with Crippen molar-refractivity contribution in [3.05, 3.63) is 118 Å². The second kappa shape index (κ2) is 17.9. The Labute approximate surface area is 331 Å². The van der Waals surface area contributed by atoms with Crippen LogP contribution < -0.4 is 77.0 Å². The molecule has 13 nitrogen and oxygen atoms in total. The van der Waals surface area contributed by atoms with E-state index >= 15 is 0 Å². The van der Waals surface area contributed by atoms with Gasteiger partial charge in [0, 0.05) is 25.5 Å². The largest absolute Gasteiger partial charge is 1.00 e. The molecule has 1 aromatic heterocycles. The zero-order valence-corrected chi connectivity index (χ0v) is 31.3. The Morgan fingerprint density at radius 3 is 2.00 bits per heavy atom. The fraction of sp³-hybridized carbons (Fsp3) is 0.306. The van der Waals surface area contributed by atoms with Gasteiger partial charge in [-0.3, -0.25) is 14.2 Å². The quantitative estimate of drug-likeness (QED) is 0.106. The zero-order chi connectivity index (χ0) is 35.0. The van der Waals surface area contributed by atoms with Crippen LogP contribution in [0, 0.1) is 0 Å². The summed E-state index contributed by atoms with van der Waals surface area (Å²) in [6.07, 6.45) is -2.22. The van der Waals surface area contributed by atoms with Gasteiger partial charge < -0.3 is 38.9 Å². The number of methoxy groups -OCH3 is 2. The maximum Gasteiger partial charge on any atom is 1.00 e. The van der Waals surface area contributed by atoms with Crippen LogP contribution in [0.2, 0.25) is 0 Å². The molecule has 1 amide bonds. The van der Waals surface area contributed by atoms with Gasteiger partial charge in [0.2, 0.25) is 5.91 Å². The summed E-state index contributed by atoms with van der Waals surface area (Å²) in [6, 6.07) is 25.9. The molecule has 2 heterocycles. The number of carboxylic acid groups (broad SMARTS) is 1. The molecule has 3 aromatic carbocycles. The van der Waals surface area contributed by atoms with E-state index in [1.165, 1.54) is 23.8 Å². The van der Waals surface area contributed by atoms with E-state index in [9.17, 15) is 24.3 Å². The van der Waals surface area contributed by atoms with E-state index in [4.69, 9.17) is 23.7 Å². The van der Waals surface area contributed by atoms with Gasteiger partial charge in [-0.15, -0.1) is 0 Å². The maximum absolute atomic E-state index is 13.0. The average Bonchev–Trinajstić information content (AvgIpc) is 3.50. The molecule has 1 fully saturated rings. The van der Waals surface area contributed by atoms with Crippen LogP contribution in [0.1, 0.15) is 49.1 Å². The molecule has 0 bridgehead atoms. The number of ether oxygens (including phenoxy) is 5. The smallest absolute Gasteiger partial charge is 0.550 e. The van der Waals surface area contributed by atoms with Crippen molar-refractivity contribution in [3.8, 4) is 11.5 Å². The number of carbonyl (C=O) groups is 3. The summed E-state index contributed by atoms with van der Waals surface area (Å²) < 4.78 is 31.1. The molecule has 256 valence electrons. The minimum Gasteiger partial charge on any atom is -0.550 e. The summed E-state index contributed by atoms with van der Waals surface area (Å²) in [4.78, 5) is 52.1. The van der Waals surface area contributed by atoms with Crippen LogP contribution >= 0.6 is 0 Å². The fourth-order valence-electron chi connectivity index (χ4n) is 5.74. The van der Waals surface area contributed by atoms with Crippen molar-refractivity contribution in [1.29, 1.82) is 0 Å². The predicted molar refractivity (Wildman–Crippen MR) is 174 cm³/mol. The van der Waals surface area contributed by atoms with Gasteiger partial charge in [-0.2, -0.15) is 4.98 Å². The van der Waals surface area contributed by atoms with Crippen molar-refractivity contribution >= 4 is 23.7 Å². The van der Waals surface area contributed by atoms with Gasteiger partial charge in [0.15, 0.2) is 0 Å². The van der Waals surface area contributed by atoms with E-state index in [0.29, 0.717) is 11.5 Å². The Hall–Kier alpha value is -3.89. The van der Waals surface area contributed by atoms with Gasteiger partial charge in [0.05, 0.1) is 27.2 Å². The molecule has 0 unspecified atom stereocenters. The number of nitrogens with zero attached hydrogens (tertiary/aromatic N) is 2. The molecule has 4 aromatic rings. The first kappa shape index (κ1) is 38.9. The topological polar surface area (TPSA) is 167 Å². The summed E-state index contributed by atoms with van der Waals surface area (Å²) in [6.45, 7) is 1.17. The molecule has 0 saturated carbocycles. The van der Waals surface area contributed by atoms with Crippen molar-refractivity contribution in [1.82, 2.24) is 9.55 Å². The van der Waals surface area contributed by atoms with E-state index in [2.05, 4.69) is 10.3 Å². The number of benzene rings is 3. The Bertz CT molecular complexity index is 1770. The zero-order valence-electron chi connectivity index (χ0n) is 28.2. The summed E-state index contributed by atoms with van der Waals surface area (Å²) in [5.41, 5.74) is 0.390. The SMILES string of the molecule is COc1ccc(C(OC[C@H]2O[C@@H](n3ccc(NC(C)=O)nc3=O)C[C@@H]2OC(=O)CCC(=O)[O-])(c2ccccc2)c2ccc(OC)cc2)cc1.[K+]. The molecule has 1 aliphatic rings. The molecular weight excluding hydrogens is 674 g/mol. The summed E-state index contributed by atoms with van der Waals surface area (Å²) in [7, 11) is 3.16. The molecule has 5 rings (SSSR count). The van der Waals surface area contributed by atoms with E-state index < -0.39 is 60.4 Å². The minimum atomic E-state index is -1.39. The number of rotatable bonds is 14. The van der Waals surface area contributed by atoms with Crippen LogP contribution in [0.15, 0.2) is 95.9 Å². The van der Waals surface area contributed by atoms with Gasteiger partial charge >= 0.3 is 63.0 Å². The molecule has 1 saturated heterocycles. The Morgan fingerprint density at radius 2 is 1.48 bits per heavy atom. The van der Waals surface area contributed by atoms with Crippen molar-refractivity contribution in [2.45, 2.75) is 50.2 Å². The number of hydrogen-bond acceptors (Lipinski definition) is 11. The van der Waals surface area contributed by atoms with Crippen LogP contribution in [0.3, 0.4) is 0 Å². The monoisotopic (exact) mass is 709 g/mol. The molecule has 1 aliphatic heterocycles. The van der Waals surface area contributed by atoms with Crippen LogP contribution in [0.25, 0.3) is 0 Å². The fourth-order valence-corrected chi connectivity index (χ4v) is 5.74. The van der Waals surface area contributed by atoms with E-state index in [0.717, 1.165) is 16.7 Å². The Kier molecular flexibility index (Phi) is 13.9. The molecule has 3 atom stereocenters. The van der Waals surface area contributed by atoms with Crippen molar-refractivity contribution in [2.75, 3.05) is 26.1 Å². The van der Waals surface area contributed by atoms with Crippen molar-refractivity contribution in [2.24, 2.45) is 0 Å². The third-order valence-electron chi connectivity index (χ3n) is 8.08. The molecule has 50 heavy (non-hydrogen) atoms. The second-order valence-electron chi connectivity index (χ2n) is 11.3. The van der Waals surface area contributed by atoms with Gasteiger partial charge in [-0.25, -0.2) is 4.79 Å². The standard InChI is InChI=1S/C36H37N3O10.K/c1-23(40)37-31-19-20-39(35(44)38-31)32-21-29(49-34(43)18-17-33(41)42)30(48-32)22-47-36(24-7-5-4-6-8-24,25-9-13-27(45-2)14-10-25)26-11-15-28(46-3)16-12-26;/h4-16,19-20,29-30,32H,17-18,21-22H2,1-3H3,(H,41,42)(H,37,38,40,44);/q;+1/p-1/t29-,30+,32+;/m0./s1. The molecule has 0 spiro atoms. The summed E-state index contributed by atoms with van der Waals surface area (Å²) in [5, 5.41) is 13.5. The first-order valence-corrected chi connectivity index (χ1v) is 15.5. The number of carboxylic acids is 1. The normalized spacial score (nSPS) is 16.9. The molecule has 0 radical (unpaired) electrons. The molecule has 1 N–H and O–H groups in total. The average molecular weight is 710 g/mol. The van der Waals surface area contributed by atoms with Crippen molar-refractivity contribution < 1.29 is 94.6 Å². The van der Waals surface area contributed by atoms with Crippen LogP contribution in [0.5, 0.6) is 11.5 Å². The predicted octanol–water partition coefficient (Wildman–Crippen LogP) is -0.0390. The van der Waals surface area contributed by atoms with Gasteiger partial charge in [0.25, 0.3) is 0 Å². The number of aliphatic carboxylic acids is 1. The molecule has 14 heteroatoms. The van der Waals surface area contributed by atoms with Gasteiger partial charge in [0.1, 0.15) is 41.4 Å². The third-order valence-corrected chi connectivity index (χ3v) is 8.08. The Balaban J connectivity index is 0.00000562. The number of esters is 1. The number of aromatic nitrogens is 2. The van der Waals surface area contributed by atoms with Crippen LogP contribution in [-0.2, 0) is 34.2 Å². The van der Waals surface area contributed by atoms with E-state index in [-0.39, 0.29) is 70.2 Å². The first-order valence-electron chi connectivity index (χ1n) is 15.5. The first-order chi connectivity index (χ1) is 23.6. The van der Waals surface area contributed by atoms with Gasteiger partial charge in [-0.1, -0.05) is 54.6 Å². The number of hydrogen-bond donors (Lipinski definition) is 1. The minimum absolute atomic E-state index is 0. The summed E-state index contributed by atoms with van der Waals surface area (Å²) in [5.74, 6) is -1.18. The third kappa shape index (κ3) is 9.25. The van der Waals surface area contributed by atoms with Gasteiger partial charge in [-0.05, 0) is 53.4 Å². The maximum atomic E-state index is 13.0. The number of anilines is 1. The van der Waals surface area contributed by atoms with E-state index in [1.807, 2.05) is 78.9 Å². The van der Waals surface area contributed by atoms with Crippen molar-refractivity contribution in [3.63, 3.8) is 0 Å². The van der Waals surface area contributed by atoms with E-state index in [1.54, 1.807) is 14.2 Å². The number of amides is 1. The molecular formula is C36H36KN3O10. The number of carbonyl (C=O) groups excluding carboxylic acids is 3.